The number of hydrogen-bond acceptors (Lipinski definition) is 3. The van der Waals surface area contributed by atoms with Gasteiger partial charge in [-0.25, -0.2) is 0 Å². The first-order valence-electron chi connectivity index (χ1n) is 6.66. The average molecular weight is 284 g/mol. The molecular formula is C15H22ClNO2. The summed E-state index contributed by atoms with van der Waals surface area (Å²) in [5, 5.41) is 4.18. The number of ether oxygens (including phenoxy) is 2. The summed E-state index contributed by atoms with van der Waals surface area (Å²) in [7, 11) is 3.27. The number of halogens is 1. The number of rotatable bonds is 4. The molecule has 0 bridgehead atoms. The van der Waals surface area contributed by atoms with Gasteiger partial charge in [0, 0.05) is 12.1 Å². The Morgan fingerprint density at radius 1 is 1.21 bits per heavy atom. The summed E-state index contributed by atoms with van der Waals surface area (Å²) in [5.74, 6) is 1.40. The van der Waals surface area contributed by atoms with Crippen LogP contribution in [0, 0.1) is 5.41 Å². The molecule has 0 saturated heterocycles. The molecule has 106 valence electrons. The second kappa shape index (κ2) is 5.49. The second-order valence-electron chi connectivity index (χ2n) is 5.76. The van der Waals surface area contributed by atoms with Gasteiger partial charge < -0.3 is 14.8 Å². The highest BCUT2D eigenvalue weighted by Gasteiger charge is 2.34. The molecule has 0 amide bonds. The maximum atomic E-state index is 6.19. The fourth-order valence-electron chi connectivity index (χ4n) is 2.75. The highest BCUT2D eigenvalue weighted by Crippen LogP contribution is 2.42. The molecule has 1 aromatic carbocycles. The fourth-order valence-corrected chi connectivity index (χ4v) is 3.00. The van der Waals surface area contributed by atoms with Gasteiger partial charge in [-0.1, -0.05) is 31.9 Å². The van der Waals surface area contributed by atoms with Crippen molar-refractivity contribution in [1.29, 1.82) is 0 Å². The average Bonchev–Trinajstić information content (AvgIpc) is 2.69. The summed E-state index contributed by atoms with van der Waals surface area (Å²) < 4.78 is 10.6. The monoisotopic (exact) mass is 283 g/mol. The number of benzene rings is 1. The Kier molecular flexibility index (Phi) is 4.14. The largest absolute Gasteiger partial charge is 0.495 e. The van der Waals surface area contributed by atoms with Gasteiger partial charge in [0.05, 0.1) is 24.9 Å². The van der Waals surface area contributed by atoms with Crippen molar-refractivity contribution in [2.45, 2.75) is 39.2 Å². The standard InChI is InChI=1S/C15H22ClNO2/c1-15(2)7-5-6-14(15)17-11-8-10(16)12(18-3)9-13(11)19-4/h8-9,14,17H,5-7H2,1-4H3. The number of nitrogens with one attached hydrogen (secondary N) is 1. The zero-order valence-electron chi connectivity index (χ0n) is 12.0. The molecule has 0 spiro atoms. The van der Waals surface area contributed by atoms with Gasteiger partial charge in [-0.2, -0.15) is 0 Å². The van der Waals surface area contributed by atoms with E-state index in [4.69, 9.17) is 21.1 Å². The summed E-state index contributed by atoms with van der Waals surface area (Å²) in [6.07, 6.45) is 3.69. The summed E-state index contributed by atoms with van der Waals surface area (Å²) in [4.78, 5) is 0. The molecule has 2 rings (SSSR count). The van der Waals surface area contributed by atoms with Crippen molar-refractivity contribution in [3.8, 4) is 11.5 Å². The van der Waals surface area contributed by atoms with E-state index < -0.39 is 0 Å². The van der Waals surface area contributed by atoms with Crippen LogP contribution < -0.4 is 14.8 Å². The van der Waals surface area contributed by atoms with Crippen molar-refractivity contribution in [3.63, 3.8) is 0 Å². The number of anilines is 1. The molecule has 1 saturated carbocycles. The third kappa shape index (κ3) is 2.92. The zero-order chi connectivity index (χ0) is 14.0. The van der Waals surface area contributed by atoms with Gasteiger partial charge in [0.15, 0.2) is 0 Å². The molecule has 1 unspecified atom stereocenters. The molecule has 1 aromatic rings. The zero-order valence-corrected chi connectivity index (χ0v) is 12.8. The Hall–Kier alpha value is -1.09. The van der Waals surface area contributed by atoms with Crippen molar-refractivity contribution in [2.75, 3.05) is 19.5 Å². The quantitative estimate of drug-likeness (QED) is 0.891. The van der Waals surface area contributed by atoms with Crippen LogP contribution in [0.25, 0.3) is 0 Å². The Balaban J connectivity index is 2.27. The number of hydrogen-bond donors (Lipinski definition) is 1. The lowest BCUT2D eigenvalue weighted by Crippen LogP contribution is -2.30. The molecule has 4 heteroatoms. The van der Waals surface area contributed by atoms with Gasteiger partial charge >= 0.3 is 0 Å². The lowest BCUT2D eigenvalue weighted by atomic mass is 9.87. The highest BCUT2D eigenvalue weighted by molar-refractivity contribution is 6.32. The lowest BCUT2D eigenvalue weighted by Gasteiger charge is -2.29. The molecule has 19 heavy (non-hydrogen) atoms. The van der Waals surface area contributed by atoms with Crippen molar-refractivity contribution in [2.24, 2.45) is 5.41 Å². The predicted octanol–water partition coefficient (Wildman–Crippen LogP) is 4.35. The molecular weight excluding hydrogens is 262 g/mol. The smallest absolute Gasteiger partial charge is 0.145 e. The molecule has 1 aliphatic carbocycles. The minimum absolute atomic E-state index is 0.303. The molecule has 1 N–H and O–H groups in total. The first-order chi connectivity index (χ1) is 8.97. The van der Waals surface area contributed by atoms with Gasteiger partial charge in [0.2, 0.25) is 0 Å². The van der Waals surface area contributed by atoms with Crippen molar-refractivity contribution >= 4 is 17.3 Å². The first-order valence-corrected chi connectivity index (χ1v) is 7.04. The van der Waals surface area contributed by atoms with Gasteiger partial charge in [0.1, 0.15) is 11.5 Å². The van der Waals surface area contributed by atoms with E-state index in [0.29, 0.717) is 22.2 Å². The van der Waals surface area contributed by atoms with Crippen molar-refractivity contribution in [3.05, 3.63) is 17.2 Å². The molecule has 3 nitrogen and oxygen atoms in total. The van der Waals surface area contributed by atoms with Crippen LogP contribution in [0.4, 0.5) is 5.69 Å². The molecule has 1 atom stereocenters. The highest BCUT2D eigenvalue weighted by atomic mass is 35.5. The summed E-state index contributed by atoms with van der Waals surface area (Å²) in [6.45, 7) is 4.60. The van der Waals surface area contributed by atoms with Gasteiger partial charge in [-0.3, -0.25) is 0 Å². The van der Waals surface area contributed by atoms with Crippen LogP contribution in [0.1, 0.15) is 33.1 Å². The SMILES string of the molecule is COc1cc(OC)c(NC2CCCC2(C)C)cc1Cl. The fraction of sp³-hybridized carbons (Fsp3) is 0.600. The van der Waals surface area contributed by atoms with E-state index in [0.717, 1.165) is 11.4 Å². The maximum absolute atomic E-state index is 6.19. The van der Waals surface area contributed by atoms with E-state index in [9.17, 15) is 0 Å². The van der Waals surface area contributed by atoms with E-state index in [-0.39, 0.29) is 0 Å². The van der Waals surface area contributed by atoms with Crippen LogP contribution >= 0.6 is 11.6 Å². The summed E-state index contributed by atoms with van der Waals surface area (Å²) >= 11 is 6.19. The topological polar surface area (TPSA) is 30.5 Å². The molecule has 1 fully saturated rings. The van der Waals surface area contributed by atoms with E-state index in [1.165, 1.54) is 19.3 Å². The Morgan fingerprint density at radius 3 is 2.42 bits per heavy atom. The minimum atomic E-state index is 0.303. The third-order valence-electron chi connectivity index (χ3n) is 4.06. The normalized spacial score (nSPS) is 21.2. The molecule has 0 aromatic heterocycles. The Bertz CT molecular complexity index is 460. The second-order valence-corrected chi connectivity index (χ2v) is 6.17. The van der Waals surface area contributed by atoms with E-state index in [1.54, 1.807) is 14.2 Å². The van der Waals surface area contributed by atoms with Crippen LogP contribution in [-0.4, -0.2) is 20.3 Å². The van der Waals surface area contributed by atoms with Gasteiger partial charge in [-0.05, 0) is 24.3 Å². The van der Waals surface area contributed by atoms with Crippen LogP contribution in [0.3, 0.4) is 0 Å². The van der Waals surface area contributed by atoms with E-state index >= 15 is 0 Å². The van der Waals surface area contributed by atoms with Gasteiger partial charge in [-0.15, -0.1) is 0 Å². The van der Waals surface area contributed by atoms with Crippen LogP contribution in [0.5, 0.6) is 11.5 Å². The summed E-state index contributed by atoms with van der Waals surface area (Å²) in [6, 6.07) is 4.16. The minimum Gasteiger partial charge on any atom is -0.495 e. The predicted molar refractivity (Wildman–Crippen MR) is 79.6 cm³/mol. The van der Waals surface area contributed by atoms with E-state index in [1.807, 2.05) is 12.1 Å². The van der Waals surface area contributed by atoms with Crippen LogP contribution in [0.15, 0.2) is 12.1 Å². The molecule has 0 aliphatic heterocycles. The first kappa shape index (κ1) is 14.3. The van der Waals surface area contributed by atoms with Gasteiger partial charge in [0.25, 0.3) is 0 Å². The number of methoxy groups -OCH3 is 2. The van der Waals surface area contributed by atoms with E-state index in [2.05, 4.69) is 19.2 Å². The van der Waals surface area contributed by atoms with Crippen LogP contribution in [-0.2, 0) is 0 Å². The van der Waals surface area contributed by atoms with Crippen molar-refractivity contribution < 1.29 is 9.47 Å². The molecule has 0 radical (unpaired) electrons. The Morgan fingerprint density at radius 2 is 1.89 bits per heavy atom. The van der Waals surface area contributed by atoms with Crippen molar-refractivity contribution in [1.82, 2.24) is 0 Å². The van der Waals surface area contributed by atoms with Crippen LogP contribution in [0.2, 0.25) is 5.02 Å². The lowest BCUT2D eigenvalue weighted by molar-refractivity contribution is 0.347. The summed E-state index contributed by atoms with van der Waals surface area (Å²) in [5.41, 5.74) is 1.24. The maximum Gasteiger partial charge on any atom is 0.145 e. The molecule has 1 aliphatic rings. The Labute approximate surface area is 120 Å². The molecule has 0 heterocycles. The third-order valence-corrected chi connectivity index (χ3v) is 4.36.